The molecule has 1 N–H and O–H groups in total. The summed E-state index contributed by atoms with van der Waals surface area (Å²) < 4.78 is 6.13. The van der Waals surface area contributed by atoms with Gasteiger partial charge in [-0.25, -0.2) is 9.97 Å². The van der Waals surface area contributed by atoms with Crippen LogP contribution < -0.4 is 9.64 Å². The van der Waals surface area contributed by atoms with Crippen LogP contribution in [0.4, 0.5) is 5.13 Å². The summed E-state index contributed by atoms with van der Waals surface area (Å²) in [6.07, 6.45) is 3.58. The van der Waals surface area contributed by atoms with E-state index in [9.17, 15) is 14.7 Å². The Morgan fingerprint density at radius 2 is 1.89 bits per heavy atom. The maximum Gasteiger partial charge on any atom is 0.296 e. The molecule has 4 aromatic rings. The summed E-state index contributed by atoms with van der Waals surface area (Å²) in [5.41, 5.74) is 2.18. The smallest absolute Gasteiger partial charge is 0.296 e. The van der Waals surface area contributed by atoms with Crippen LogP contribution in [0.15, 0.2) is 65.9 Å². The van der Waals surface area contributed by atoms with Gasteiger partial charge in [-0.2, -0.15) is 0 Å². The number of amides is 1. The van der Waals surface area contributed by atoms with Crippen molar-refractivity contribution in [2.75, 3.05) is 12.0 Å². The van der Waals surface area contributed by atoms with E-state index in [-0.39, 0.29) is 5.57 Å². The zero-order valence-corrected chi connectivity index (χ0v) is 20.8. The minimum absolute atomic E-state index is 0.0192. The molecule has 0 bridgehead atoms. The number of aliphatic hydroxyl groups is 1. The number of aromatic nitrogens is 2. The van der Waals surface area contributed by atoms with Crippen molar-refractivity contribution in [1.29, 1.82) is 0 Å². The Kier molecular flexibility index (Phi) is 5.96. The highest BCUT2D eigenvalue weighted by Crippen LogP contribution is 2.39. The van der Waals surface area contributed by atoms with Crippen LogP contribution in [-0.2, 0) is 4.79 Å². The number of rotatable bonds is 6. The van der Waals surface area contributed by atoms with Crippen LogP contribution in [0.25, 0.3) is 16.3 Å². The Morgan fingerprint density at radius 3 is 2.57 bits per heavy atom. The van der Waals surface area contributed by atoms with E-state index >= 15 is 0 Å². The zero-order valence-electron chi connectivity index (χ0n) is 19.2. The number of Topliss-reactive ketones (excluding diaryl/α,β-unsaturated/α-hetero) is 1. The van der Waals surface area contributed by atoms with Crippen molar-refractivity contribution >= 4 is 55.8 Å². The molecule has 2 aromatic carbocycles. The molecule has 0 spiro atoms. The fourth-order valence-corrected chi connectivity index (χ4v) is 5.91. The molecular formula is C26H21N3O4S2. The van der Waals surface area contributed by atoms with Gasteiger partial charge in [0.25, 0.3) is 5.91 Å². The Hall–Kier alpha value is -3.82. The quantitative estimate of drug-likeness (QED) is 0.349. The standard InChI is InChI=1S/C26H21N3O4S2/c1-14-24(34-15(2)27-14)22(30)21-19(12-9-16-7-5-4-6-8-16)29(25(32)23(21)31)26-28-18-11-10-17(33-3)13-20(18)35-26/h4-13,19,31H,1-3H3/b12-9+. The average Bonchev–Trinajstić information content (AvgIpc) is 3.50. The number of nitrogens with zero attached hydrogens (tertiary/aromatic N) is 3. The number of aliphatic hydroxyl groups excluding tert-OH is 1. The summed E-state index contributed by atoms with van der Waals surface area (Å²) in [6, 6.07) is 14.2. The first-order chi connectivity index (χ1) is 16.9. The third-order valence-electron chi connectivity index (χ3n) is 5.67. The molecule has 5 rings (SSSR count). The van der Waals surface area contributed by atoms with Crippen molar-refractivity contribution in [3.8, 4) is 5.75 Å². The number of ether oxygens (including phenoxy) is 1. The van der Waals surface area contributed by atoms with Crippen LogP contribution in [0.1, 0.15) is 25.9 Å². The molecule has 0 saturated carbocycles. The fourth-order valence-electron chi connectivity index (χ4n) is 4.01. The second-order valence-electron chi connectivity index (χ2n) is 7.96. The molecular weight excluding hydrogens is 482 g/mol. The molecule has 35 heavy (non-hydrogen) atoms. The fraction of sp³-hybridized carbons (Fsp3) is 0.154. The molecule has 3 heterocycles. The molecule has 7 nitrogen and oxygen atoms in total. The topological polar surface area (TPSA) is 92.6 Å². The van der Waals surface area contributed by atoms with Gasteiger partial charge in [-0.1, -0.05) is 53.8 Å². The van der Waals surface area contributed by atoms with Gasteiger partial charge < -0.3 is 9.84 Å². The van der Waals surface area contributed by atoms with Gasteiger partial charge in [0.2, 0.25) is 5.78 Å². The number of hydrogen-bond acceptors (Lipinski definition) is 8. The molecule has 0 saturated heterocycles. The van der Waals surface area contributed by atoms with Gasteiger partial charge in [-0.05, 0) is 37.6 Å². The predicted octanol–water partition coefficient (Wildman–Crippen LogP) is 5.50. The van der Waals surface area contributed by atoms with E-state index in [1.54, 1.807) is 26.2 Å². The lowest BCUT2D eigenvalue weighted by Gasteiger charge is -2.21. The zero-order chi connectivity index (χ0) is 24.7. The van der Waals surface area contributed by atoms with Crippen LogP contribution in [0.5, 0.6) is 5.75 Å². The van der Waals surface area contributed by atoms with Gasteiger partial charge in [-0.15, -0.1) is 11.3 Å². The van der Waals surface area contributed by atoms with E-state index < -0.39 is 23.5 Å². The number of fused-ring (bicyclic) bond motifs is 1. The molecule has 1 aliphatic rings. The Morgan fingerprint density at radius 1 is 1.11 bits per heavy atom. The van der Waals surface area contributed by atoms with Crippen molar-refractivity contribution in [2.45, 2.75) is 19.9 Å². The second kappa shape index (κ2) is 9.09. The SMILES string of the molecule is COc1ccc2nc(N3C(=O)C(O)=C(C(=O)c4sc(C)nc4C)C3/C=C/c3ccccc3)sc2c1. The first-order valence-corrected chi connectivity index (χ1v) is 12.4. The minimum Gasteiger partial charge on any atom is -0.503 e. The molecule has 1 amide bonds. The summed E-state index contributed by atoms with van der Waals surface area (Å²) >= 11 is 2.54. The number of benzene rings is 2. The van der Waals surface area contributed by atoms with Crippen LogP contribution in [-0.4, -0.2) is 39.9 Å². The number of anilines is 1. The summed E-state index contributed by atoms with van der Waals surface area (Å²) in [4.78, 5) is 37.7. The number of aryl methyl sites for hydroxylation is 2. The van der Waals surface area contributed by atoms with Crippen LogP contribution >= 0.6 is 22.7 Å². The largest absolute Gasteiger partial charge is 0.503 e. The Labute approximate surface area is 209 Å². The average molecular weight is 504 g/mol. The third kappa shape index (κ3) is 4.13. The molecule has 176 valence electrons. The van der Waals surface area contributed by atoms with Gasteiger partial charge in [0.1, 0.15) is 5.75 Å². The van der Waals surface area contributed by atoms with E-state index in [0.29, 0.717) is 27.0 Å². The van der Waals surface area contributed by atoms with E-state index in [2.05, 4.69) is 9.97 Å². The molecule has 1 aliphatic heterocycles. The summed E-state index contributed by atoms with van der Waals surface area (Å²) in [6.45, 7) is 3.57. The van der Waals surface area contributed by atoms with Crippen molar-refractivity contribution in [1.82, 2.24) is 9.97 Å². The van der Waals surface area contributed by atoms with Crippen molar-refractivity contribution in [3.63, 3.8) is 0 Å². The monoisotopic (exact) mass is 503 g/mol. The van der Waals surface area contributed by atoms with Crippen LogP contribution in [0.3, 0.4) is 0 Å². The van der Waals surface area contributed by atoms with Gasteiger partial charge >= 0.3 is 0 Å². The minimum atomic E-state index is -0.834. The Balaban J connectivity index is 1.62. The molecule has 2 aromatic heterocycles. The summed E-state index contributed by atoms with van der Waals surface area (Å²) in [7, 11) is 1.58. The molecule has 1 atom stereocenters. The maximum absolute atomic E-state index is 13.6. The first kappa shape index (κ1) is 22.9. The number of ketones is 1. The lowest BCUT2D eigenvalue weighted by molar-refractivity contribution is -0.116. The predicted molar refractivity (Wildman–Crippen MR) is 138 cm³/mol. The highest BCUT2D eigenvalue weighted by molar-refractivity contribution is 7.22. The van der Waals surface area contributed by atoms with E-state index in [4.69, 9.17) is 4.74 Å². The van der Waals surface area contributed by atoms with Crippen molar-refractivity contribution in [3.05, 3.63) is 87.1 Å². The molecule has 1 unspecified atom stereocenters. The second-order valence-corrected chi connectivity index (χ2v) is 10.2. The highest BCUT2D eigenvalue weighted by atomic mass is 32.1. The number of hydrogen-bond donors (Lipinski definition) is 1. The number of methoxy groups -OCH3 is 1. The molecule has 9 heteroatoms. The third-order valence-corrected chi connectivity index (χ3v) is 7.75. The van der Waals surface area contributed by atoms with E-state index in [1.807, 2.05) is 55.5 Å². The van der Waals surface area contributed by atoms with Gasteiger partial charge in [0.05, 0.1) is 44.5 Å². The Bertz CT molecular complexity index is 1520. The van der Waals surface area contributed by atoms with Crippen LogP contribution in [0, 0.1) is 13.8 Å². The molecule has 0 aliphatic carbocycles. The van der Waals surface area contributed by atoms with Crippen LogP contribution in [0.2, 0.25) is 0 Å². The highest BCUT2D eigenvalue weighted by Gasteiger charge is 2.44. The lowest BCUT2D eigenvalue weighted by atomic mass is 10.0. The lowest BCUT2D eigenvalue weighted by Crippen LogP contribution is -2.35. The van der Waals surface area contributed by atoms with Gasteiger partial charge in [-0.3, -0.25) is 14.5 Å². The van der Waals surface area contributed by atoms with E-state index in [0.717, 1.165) is 15.3 Å². The summed E-state index contributed by atoms with van der Waals surface area (Å²) in [5.74, 6) is -0.971. The normalized spacial score (nSPS) is 16.1. The first-order valence-electron chi connectivity index (χ1n) is 10.8. The van der Waals surface area contributed by atoms with Crippen molar-refractivity contribution in [2.24, 2.45) is 0 Å². The van der Waals surface area contributed by atoms with Gasteiger partial charge in [0.15, 0.2) is 10.9 Å². The molecule has 0 radical (unpaired) electrons. The van der Waals surface area contributed by atoms with Crippen molar-refractivity contribution < 1.29 is 19.4 Å². The summed E-state index contributed by atoms with van der Waals surface area (Å²) in [5, 5.41) is 12.0. The number of carbonyl (C=O) groups is 2. The molecule has 0 fully saturated rings. The van der Waals surface area contributed by atoms with E-state index in [1.165, 1.54) is 27.6 Å². The maximum atomic E-state index is 13.6. The number of thiazole rings is 2. The number of carbonyl (C=O) groups excluding carboxylic acids is 2. The van der Waals surface area contributed by atoms with Gasteiger partial charge in [0, 0.05) is 0 Å².